The molecule has 0 aliphatic rings. The molecule has 18 heavy (non-hydrogen) atoms. The van der Waals surface area contributed by atoms with Crippen molar-refractivity contribution in [3.63, 3.8) is 0 Å². The van der Waals surface area contributed by atoms with Gasteiger partial charge in [0.25, 0.3) is 0 Å². The fraction of sp³-hybridized carbons (Fsp3) is 0.933. The van der Waals surface area contributed by atoms with Crippen molar-refractivity contribution in [1.29, 1.82) is 5.26 Å². The normalized spacial score (nSPS) is 14.4. The third kappa shape index (κ3) is 10.6. The van der Waals surface area contributed by atoms with Gasteiger partial charge in [0.15, 0.2) is 0 Å². The Hall–Kier alpha value is -0.590. The number of unbranched alkanes of at least 4 members (excludes halogenated alkanes) is 3. The van der Waals surface area contributed by atoms with Gasteiger partial charge >= 0.3 is 0 Å². The smallest absolute Gasteiger partial charge is 0.0976 e. The van der Waals surface area contributed by atoms with Gasteiger partial charge in [0.2, 0.25) is 0 Å². The average Bonchev–Trinajstić information content (AvgIpc) is 2.33. The minimum absolute atomic E-state index is 0.0858. The van der Waals surface area contributed by atoms with Crippen molar-refractivity contribution < 1.29 is 4.74 Å². The quantitative estimate of drug-likeness (QED) is 0.572. The maximum absolute atomic E-state index is 8.97. The van der Waals surface area contributed by atoms with Gasteiger partial charge in [-0.2, -0.15) is 5.26 Å². The SMILES string of the molecule is CCCCCCC(C)OCCC(C#N)NC(C)C. The predicted octanol–water partition coefficient (Wildman–Crippen LogP) is 3.64. The Morgan fingerprint density at radius 2 is 1.83 bits per heavy atom. The summed E-state index contributed by atoms with van der Waals surface area (Å²) in [6.07, 6.45) is 7.38. The summed E-state index contributed by atoms with van der Waals surface area (Å²) in [5.74, 6) is 0. The Labute approximate surface area is 113 Å². The summed E-state index contributed by atoms with van der Waals surface area (Å²) >= 11 is 0. The lowest BCUT2D eigenvalue weighted by Crippen LogP contribution is -2.34. The number of rotatable bonds is 11. The zero-order valence-electron chi connectivity index (χ0n) is 12.5. The van der Waals surface area contributed by atoms with E-state index >= 15 is 0 Å². The molecular formula is C15H30N2O. The van der Waals surface area contributed by atoms with E-state index in [1.54, 1.807) is 0 Å². The summed E-state index contributed by atoms with van der Waals surface area (Å²) in [5.41, 5.74) is 0. The standard InChI is InChI=1S/C15H30N2O/c1-5-6-7-8-9-14(4)18-11-10-15(12-16)17-13(2)3/h13-15,17H,5-11H2,1-4H3. The number of nitrogens with one attached hydrogen (secondary N) is 1. The van der Waals surface area contributed by atoms with E-state index in [1.165, 1.54) is 25.7 Å². The highest BCUT2D eigenvalue weighted by Gasteiger charge is 2.09. The molecule has 0 amide bonds. The molecule has 1 N–H and O–H groups in total. The van der Waals surface area contributed by atoms with Crippen molar-refractivity contribution in [2.45, 2.75) is 84.4 Å². The first kappa shape index (κ1) is 17.4. The van der Waals surface area contributed by atoms with Gasteiger partial charge in [-0.25, -0.2) is 0 Å². The molecule has 0 saturated carbocycles. The number of hydrogen-bond acceptors (Lipinski definition) is 3. The van der Waals surface area contributed by atoms with Crippen LogP contribution in [0.1, 0.15) is 66.2 Å². The molecule has 2 atom stereocenters. The highest BCUT2D eigenvalue weighted by molar-refractivity contribution is 4.90. The second-order valence-corrected chi connectivity index (χ2v) is 5.32. The van der Waals surface area contributed by atoms with Crippen molar-refractivity contribution in [2.24, 2.45) is 0 Å². The number of ether oxygens (including phenoxy) is 1. The van der Waals surface area contributed by atoms with E-state index in [0.29, 0.717) is 18.8 Å². The molecular weight excluding hydrogens is 224 g/mol. The van der Waals surface area contributed by atoms with E-state index in [9.17, 15) is 0 Å². The maximum Gasteiger partial charge on any atom is 0.0976 e. The zero-order valence-corrected chi connectivity index (χ0v) is 12.5. The fourth-order valence-corrected chi connectivity index (χ4v) is 1.92. The van der Waals surface area contributed by atoms with Crippen LogP contribution < -0.4 is 5.32 Å². The molecule has 0 aliphatic carbocycles. The molecule has 0 aromatic carbocycles. The van der Waals surface area contributed by atoms with Gasteiger partial charge in [0.1, 0.15) is 0 Å². The lowest BCUT2D eigenvalue weighted by atomic mass is 10.1. The van der Waals surface area contributed by atoms with E-state index in [1.807, 2.05) is 0 Å². The molecule has 106 valence electrons. The Morgan fingerprint density at radius 3 is 2.39 bits per heavy atom. The Morgan fingerprint density at radius 1 is 1.11 bits per heavy atom. The molecule has 0 spiro atoms. The minimum atomic E-state index is -0.0858. The van der Waals surface area contributed by atoms with Crippen LogP contribution in [0, 0.1) is 11.3 Å². The lowest BCUT2D eigenvalue weighted by Gasteiger charge is -2.17. The largest absolute Gasteiger partial charge is 0.378 e. The van der Waals surface area contributed by atoms with Crippen LogP contribution >= 0.6 is 0 Å². The first-order valence-corrected chi connectivity index (χ1v) is 7.37. The van der Waals surface area contributed by atoms with Crippen molar-refractivity contribution in [1.82, 2.24) is 5.32 Å². The first-order valence-electron chi connectivity index (χ1n) is 7.37. The van der Waals surface area contributed by atoms with Crippen molar-refractivity contribution in [3.05, 3.63) is 0 Å². The second kappa shape index (κ2) is 11.5. The lowest BCUT2D eigenvalue weighted by molar-refractivity contribution is 0.0542. The number of hydrogen-bond donors (Lipinski definition) is 1. The molecule has 2 unspecified atom stereocenters. The Balaban J connectivity index is 3.54. The molecule has 0 aromatic rings. The maximum atomic E-state index is 8.97. The van der Waals surface area contributed by atoms with Gasteiger partial charge in [-0.15, -0.1) is 0 Å². The second-order valence-electron chi connectivity index (χ2n) is 5.32. The number of nitriles is 1. The molecule has 0 aromatic heterocycles. The van der Waals surface area contributed by atoms with Crippen LogP contribution in [0.3, 0.4) is 0 Å². The van der Waals surface area contributed by atoms with Crippen LogP contribution in [-0.2, 0) is 4.74 Å². The molecule has 3 heteroatoms. The summed E-state index contributed by atoms with van der Waals surface area (Å²) < 4.78 is 5.74. The summed E-state index contributed by atoms with van der Waals surface area (Å²) in [6.45, 7) is 9.14. The predicted molar refractivity (Wildman–Crippen MR) is 76.5 cm³/mol. The summed E-state index contributed by atoms with van der Waals surface area (Å²) in [7, 11) is 0. The molecule has 0 saturated heterocycles. The molecule has 0 radical (unpaired) electrons. The third-order valence-electron chi connectivity index (χ3n) is 2.96. The Kier molecular flexibility index (Phi) is 11.1. The van der Waals surface area contributed by atoms with Crippen molar-refractivity contribution in [3.8, 4) is 6.07 Å². The average molecular weight is 254 g/mol. The van der Waals surface area contributed by atoms with E-state index in [4.69, 9.17) is 10.00 Å². The van der Waals surface area contributed by atoms with E-state index in [-0.39, 0.29) is 6.04 Å². The zero-order chi connectivity index (χ0) is 13.8. The van der Waals surface area contributed by atoms with Gasteiger partial charge < -0.3 is 4.74 Å². The van der Waals surface area contributed by atoms with Crippen LogP contribution in [-0.4, -0.2) is 24.8 Å². The highest BCUT2D eigenvalue weighted by Crippen LogP contribution is 2.08. The molecule has 0 heterocycles. The first-order chi connectivity index (χ1) is 8.60. The van der Waals surface area contributed by atoms with Gasteiger partial charge in [-0.3, -0.25) is 5.32 Å². The molecule has 0 fully saturated rings. The van der Waals surface area contributed by atoms with Crippen molar-refractivity contribution in [2.75, 3.05) is 6.61 Å². The third-order valence-corrected chi connectivity index (χ3v) is 2.96. The van der Waals surface area contributed by atoms with Crippen molar-refractivity contribution >= 4 is 0 Å². The van der Waals surface area contributed by atoms with Gasteiger partial charge in [0, 0.05) is 12.6 Å². The molecule has 0 rings (SSSR count). The van der Waals surface area contributed by atoms with Crippen LogP contribution in [0.2, 0.25) is 0 Å². The van der Waals surface area contributed by atoms with Gasteiger partial charge in [-0.1, -0.05) is 32.6 Å². The van der Waals surface area contributed by atoms with Crippen LogP contribution in [0.15, 0.2) is 0 Å². The molecule has 3 nitrogen and oxygen atoms in total. The number of nitrogens with zero attached hydrogens (tertiary/aromatic N) is 1. The highest BCUT2D eigenvalue weighted by atomic mass is 16.5. The summed E-state index contributed by atoms with van der Waals surface area (Å²) in [5, 5.41) is 12.2. The Bertz CT molecular complexity index is 223. The molecule has 0 aliphatic heterocycles. The fourth-order valence-electron chi connectivity index (χ4n) is 1.92. The van der Waals surface area contributed by atoms with Gasteiger partial charge in [-0.05, 0) is 33.6 Å². The summed E-state index contributed by atoms with van der Waals surface area (Å²) in [6, 6.07) is 2.54. The van der Waals surface area contributed by atoms with E-state index in [2.05, 4.69) is 39.1 Å². The summed E-state index contributed by atoms with van der Waals surface area (Å²) in [4.78, 5) is 0. The monoisotopic (exact) mass is 254 g/mol. The van der Waals surface area contributed by atoms with Crippen LogP contribution in [0.5, 0.6) is 0 Å². The molecule has 0 bridgehead atoms. The van der Waals surface area contributed by atoms with Gasteiger partial charge in [0.05, 0.1) is 18.2 Å². The van der Waals surface area contributed by atoms with Crippen LogP contribution in [0.25, 0.3) is 0 Å². The van der Waals surface area contributed by atoms with E-state index in [0.717, 1.165) is 12.8 Å². The van der Waals surface area contributed by atoms with Crippen LogP contribution in [0.4, 0.5) is 0 Å². The topological polar surface area (TPSA) is 45.0 Å². The minimum Gasteiger partial charge on any atom is -0.378 e. The van der Waals surface area contributed by atoms with E-state index < -0.39 is 0 Å².